The molecule has 26 heavy (non-hydrogen) atoms. The van der Waals surface area contributed by atoms with Gasteiger partial charge >= 0.3 is 0 Å². The Bertz CT molecular complexity index is 847. The molecule has 140 valence electrons. The van der Waals surface area contributed by atoms with Gasteiger partial charge < -0.3 is 0 Å². The zero-order chi connectivity index (χ0) is 18.6. The minimum Gasteiger partial charge on any atom is -0.263 e. The van der Waals surface area contributed by atoms with Gasteiger partial charge in [0.25, 0.3) is 20.2 Å². The van der Waals surface area contributed by atoms with Gasteiger partial charge in [-0.2, -0.15) is 16.8 Å². The lowest BCUT2D eigenvalue weighted by Crippen LogP contribution is -2.31. The summed E-state index contributed by atoms with van der Waals surface area (Å²) in [4.78, 5) is 0.167. The van der Waals surface area contributed by atoms with Crippen LogP contribution in [0.3, 0.4) is 0 Å². The van der Waals surface area contributed by atoms with Crippen LogP contribution in [0.1, 0.15) is 25.7 Å². The van der Waals surface area contributed by atoms with Gasteiger partial charge in [-0.15, -0.1) is 0 Å². The molecule has 3 rings (SSSR count). The van der Waals surface area contributed by atoms with Crippen LogP contribution in [0, 0.1) is 0 Å². The highest BCUT2D eigenvalue weighted by atomic mass is 32.2. The van der Waals surface area contributed by atoms with Crippen molar-refractivity contribution >= 4 is 20.2 Å². The molecular weight excluding hydrogens is 376 g/mol. The summed E-state index contributed by atoms with van der Waals surface area (Å²) in [5.41, 5.74) is 0. The first kappa shape index (κ1) is 19.0. The second-order valence-electron chi connectivity index (χ2n) is 6.14. The maximum Gasteiger partial charge on any atom is 0.297 e. The summed E-state index contributed by atoms with van der Waals surface area (Å²) in [7, 11) is -7.77. The van der Waals surface area contributed by atoms with Crippen LogP contribution in [0.2, 0.25) is 0 Å². The smallest absolute Gasteiger partial charge is 0.263 e. The van der Waals surface area contributed by atoms with Crippen LogP contribution >= 0.6 is 0 Å². The SMILES string of the molecule is O=S(=O)(OC1CCCC(OS(=O)(=O)c2ccccc2)C1)c1ccccc1. The van der Waals surface area contributed by atoms with E-state index in [2.05, 4.69) is 0 Å². The molecule has 0 bridgehead atoms. The molecular formula is C18H20O6S2. The topological polar surface area (TPSA) is 86.7 Å². The van der Waals surface area contributed by atoms with E-state index in [-0.39, 0.29) is 16.2 Å². The predicted octanol–water partition coefficient (Wildman–Crippen LogP) is 3.11. The summed E-state index contributed by atoms with van der Waals surface area (Å²) >= 11 is 0. The summed E-state index contributed by atoms with van der Waals surface area (Å²) < 4.78 is 60.0. The summed E-state index contributed by atoms with van der Waals surface area (Å²) in [6.07, 6.45) is 0.700. The molecule has 2 aromatic carbocycles. The van der Waals surface area contributed by atoms with Crippen LogP contribution in [-0.4, -0.2) is 29.0 Å². The third kappa shape index (κ3) is 4.70. The molecule has 0 heterocycles. The molecule has 0 saturated heterocycles. The molecule has 0 radical (unpaired) electrons. The average Bonchev–Trinajstić information content (AvgIpc) is 2.63. The van der Waals surface area contributed by atoms with Gasteiger partial charge in [0.15, 0.2) is 0 Å². The van der Waals surface area contributed by atoms with Gasteiger partial charge in [0.1, 0.15) is 0 Å². The Morgan fingerprint density at radius 1 is 0.654 bits per heavy atom. The summed E-state index contributed by atoms with van der Waals surface area (Å²) in [6, 6.07) is 15.8. The van der Waals surface area contributed by atoms with E-state index in [4.69, 9.17) is 8.37 Å². The lowest BCUT2D eigenvalue weighted by molar-refractivity contribution is 0.0759. The van der Waals surface area contributed by atoms with Gasteiger partial charge in [0, 0.05) is 6.42 Å². The van der Waals surface area contributed by atoms with Gasteiger partial charge in [0.2, 0.25) is 0 Å². The summed E-state index contributed by atoms with van der Waals surface area (Å²) in [6.45, 7) is 0. The number of hydrogen-bond donors (Lipinski definition) is 0. The Balaban J connectivity index is 1.66. The van der Waals surface area contributed by atoms with Crippen molar-refractivity contribution in [1.82, 2.24) is 0 Å². The molecule has 0 spiro atoms. The first-order valence-corrected chi connectivity index (χ1v) is 11.2. The van der Waals surface area contributed by atoms with Crippen molar-refractivity contribution in [3.05, 3.63) is 60.7 Å². The number of hydrogen-bond acceptors (Lipinski definition) is 6. The van der Waals surface area contributed by atoms with Crippen molar-refractivity contribution in [2.75, 3.05) is 0 Å². The molecule has 1 fully saturated rings. The molecule has 0 aliphatic heterocycles. The van der Waals surface area contributed by atoms with E-state index in [0.717, 1.165) is 0 Å². The lowest BCUT2D eigenvalue weighted by Gasteiger charge is -2.28. The molecule has 0 N–H and O–H groups in total. The Labute approximate surface area is 154 Å². The Hall–Kier alpha value is -1.74. The van der Waals surface area contributed by atoms with Crippen molar-refractivity contribution < 1.29 is 25.2 Å². The third-order valence-corrected chi connectivity index (χ3v) is 6.92. The van der Waals surface area contributed by atoms with Crippen molar-refractivity contribution in [3.8, 4) is 0 Å². The van der Waals surface area contributed by atoms with E-state index in [9.17, 15) is 16.8 Å². The van der Waals surface area contributed by atoms with Gasteiger partial charge in [-0.3, -0.25) is 8.37 Å². The van der Waals surface area contributed by atoms with E-state index < -0.39 is 32.4 Å². The summed E-state index contributed by atoms with van der Waals surface area (Å²) in [5.74, 6) is 0. The van der Waals surface area contributed by atoms with Gasteiger partial charge in [0.05, 0.1) is 22.0 Å². The Kier molecular flexibility index (Phi) is 5.76. The summed E-state index contributed by atoms with van der Waals surface area (Å²) in [5, 5.41) is 0. The quantitative estimate of drug-likeness (QED) is 0.698. The maximum absolute atomic E-state index is 12.3. The molecule has 2 aromatic rings. The minimum absolute atomic E-state index is 0.0833. The number of rotatable bonds is 6. The maximum atomic E-state index is 12.3. The zero-order valence-corrected chi connectivity index (χ0v) is 15.7. The molecule has 1 aliphatic rings. The zero-order valence-electron chi connectivity index (χ0n) is 14.0. The second-order valence-corrected chi connectivity index (χ2v) is 9.28. The fraction of sp³-hybridized carbons (Fsp3) is 0.333. The average molecular weight is 396 g/mol. The van der Waals surface area contributed by atoms with E-state index in [1.54, 1.807) is 36.4 Å². The number of benzene rings is 2. The highest BCUT2D eigenvalue weighted by molar-refractivity contribution is 7.87. The highest BCUT2D eigenvalue weighted by Crippen LogP contribution is 2.29. The van der Waals surface area contributed by atoms with Crippen LogP contribution in [0.5, 0.6) is 0 Å². The molecule has 8 heteroatoms. The fourth-order valence-electron chi connectivity index (χ4n) is 2.92. The second kappa shape index (κ2) is 7.87. The lowest BCUT2D eigenvalue weighted by atomic mass is 9.95. The van der Waals surface area contributed by atoms with Crippen molar-refractivity contribution in [2.45, 2.75) is 47.7 Å². The molecule has 1 saturated carbocycles. The Morgan fingerprint density at radius 2 is 1.04 bits per heavy atom. The molecule has 2 atom stereocenters. The first-order valence-electron chi connectivity index (χ1n) is 8.33. The van der Waals surface area contributed by atoms with Crippen molar-refractivity contribution in [1.29, 1.82) is 0 Å². The minimum atomic E-state index is -3.88. The third-order valence-electron chi connectivity index (χ3n) is 4.17. The van der Waals surface area contributed by atoms with Gasteiger partial charge in [-0.25, -0.2) is 0 Å². The molecule has 2 unspecified atom stereocenters. The van der Waals surface area contributed by atoms with Crippen LogP contribution in [0.15, 0.2) is 70.5 Å². The monoisotopic (exact) mass is 396 g/mol. The first-order chi connectivity index (χ1) is 12.4. The van der Waals surface area contributed by atoms with E-state index in [1.807, 2.05) is 0 Å². The highest BCUT2D eigenvalue weighted by Gasteiger charge is 2.31. The van der Waals surface area contributed by atoms with Crippen LogP contribution < -0.4 is 0 Å². The molecule has 0 amide bonds. The molecule has 6 nitrogen and oxygen atoms in total. The predicted molar refractivity (Wildman–Crippen MR) is 95.5 cm³/mol. The van der Waals surface area contributed by atoms with E-state index in [0.29, 0.717) is 19.3 Å². The van der Waals surface area contributed by atoms with Crippen molar-refractivity contribution in [3.63, 3.8) is 0 Å². The largest absolute Gasteiger partial charge is 0.297 e. The molecule has 1 aliphatic carbocycles. The van der Waals surface area contributed by atoms with Crippen LogP contribution in [0.4, 0.5) is 0 Å². The molecule has 0 aromatic heterocycles. The van der Waals surface area contributed by atoms with E-state index in [1.165, 1.54) is 24.3 Å². The standard InChI is InChI=1S/C18H20O6S2/c19-25(20,17-10-3-1-4-11-17)23-15-8-7-9-16(14-15)24-26(21,22)18-12-5-2-6-13-18/h1-6,10-13,15-16H,7-9,14H2. The van der Waals surface area contributed by atoms with Crippen LogP contribution in [0.25, 0.3) is 0 Å². The van der Waals surface area contributed by atoms with Crippen LogP contribution in [-0.2, 0) is 28.6 Å². The van der Waals surface area contributed by atoms with Gasteiger partial charge in [-0.05, 0) is 43.5 Å². The Morgan fingerprint density at radius 3 is 1.42 bits per heavy atom. The van der Waals surface area contributed by atoms with E-state index >= 15 is 0 Å². The van der Waals surface area contributed by atoms with Gasteiger partial charge in [-0.1, -0.05) is 36.4 Å². The fourth-order valence-corrected chi connectivity index (χ4v) is 5.19. The van der Waals surface area contributed by atoms with Crippen molar-refractivity contribution in [2.24, 2.45) is 0 Å². The normalized spacial score (nSPS) is 21.4.